The van der Waals surface area contributed by atoms with E-state index in [0.717, 1.165) is 12.3 Å². The maximum Gasteiger partial charge on any atom is -0.0250 e. The fourth-order valence-electron chi connectivity index (χ4n) is 2.51. The molecule has 1 atom stereocenters. The summed E-state index contributed by atoms with van der Waals surface area (Å²) in [5, 5.41) is 0. The summed E-state index contributed by atoms with van der Waals surface area (Å²) in [6, 6.07) is 10.9. The average molecular weight is 245 g/mol. The highest BCUT2D eigenvalue weighted by molar-refractivity contribution is 5.15. The van der Waals surface area contributed by atoms with Crippen LogP contribution in [0, 0.1) is 12.8 Å². The molecule has 0 heterocycles. The van der Waals surface area contributed by atoms with Gasteiger partial charge in [-0.1, -0.05) is 95.5 Å². The van der Waals surface area contributed by atoms with Crippen molar-refractivity contribution >= 4 is 0 Å². The molecular formula is C18H29. The highest BCUT2D eigenvalue weighted by Crippen LogP contribution is 2.19. The van der Waals surface area contributed by atoms with Crippen molar-refractivity contribution in [2.75, 3.05) is 0 Å². The van der Waals surface area contributed by atoms with Crippen LogP contribution in [-0.4, -0.2) is 0 Å². The lowest BCUT2D eigenvalue weighted by atomic mass is 9.91. The van der Waals surface area contributed by atoms with E-state index in [4.69, 9.17) is 0 Å². The molecule has 0 aliphatic rings. The molecule has 0 aliphatic carbocycles. The van der Waals surface area contributed by atoms with Gasteiger partial charge in [0.2, 0.25) is 0 Å². The second-order valence-electron chi connectivity index (χ2n) is 5.40. The summed E-state index contributed by atoms with van der Waals surface area (Å²) in [6.07, 6.45) is 12.0. The molecule has 0 amide bonds. The van der Waals surface area contributed by atoms with Crippen molar-refractivity contribution in [3.8, 4) is 0 Å². The number of hydrogen-bond donors (Lipinski definition) is 0. The maximum absolute atomic E-state index is 4.11. The molecule has 18 heavy (non-hydrogen) atoms. The monoisotopic (exact) mass is 245 g/mol. The first-order valence-corrected chi connectivity index (χ1v) is 7.70. The topological polar surface area (TPSA) is 0 Å². The Labute approximate surface area is 114 Å². The van der Waals surface area contributed by atoms with E-state index in [9.17, 15) is 0 Å². The van der Waals surface area contributed by atoms with Gasteiger partial charge in [-0.05, 0) is 17.9 Å². The highest BCUT2D eigenvalue weighted by Gasteiger charge is 2.06. The lowest BCUT2D eigenvalue weighted by Gasteiger charge is -2.14. The predicted molar refractivity (Wildman–Crippen MR) is 81.6 cm³/mol. The van der Waals surface area contributed by atoms with Gasteiger partial charge in [0.05, 0.1) is 0 Å². The van der Waals surface area contributed by atoms with Crippen LogP contribution in [0.25, 0.3) is 0 Å². The third-order valence-electron chi connectivity index (χ3n) is 3.74. The van der Waals surface area contributed by atoms with Crippen molar-refractivity contribution in [1.82, 2.24) is 0 Å². The molecular weight excluding hydrogens is 216 g/mol. The molecule has 0 aliphatic heterocycles. The molecule has 1 aromatic rings. The first-order valence-electron chi connectivity index (χ1n) is 7.70. The molecule has 1 unspecified atom stereocenters. The molecule has 0 saturated carbocycles. The molecule has 0 nitrogen and oxygen atoms in total. The molecule has 0 N–H and O–H groups in total. The van der Waals surface area contributed by atoms with Gasteiger partial charge in [-0.2, -0.15) is 0 Å². The van der Waals surface area contributed by atoms with Gasteiger partial charge in [0.25, 0.3) is 0 Å². The molecule has 0 fully saturated rings. The smallest absolute Gasteiger partial charge is 0.0250 e. The molecule has 0 bridgehead atoms. The van der Waals surface area contributed by atoms with Crippen LogP contribution in [0.1, 0.15) is 63.9 Å². The van der Waals surface area contributed by atoms with E-state index >= 15 is 0 Å². The SMILES string of the molecule is [CH2]CC(CCCCCCCC)Cc1ccccc1. The minimum absolute atomic E-state index is 0.776. The maximum atomic E-state index is 4.11. The minimum Gasteiger partial charge on any atom is -0.0654 e. The Balaban J connectivity index is 2.14. The van der Waals surface area contributed by atoms with Crippen molar-refractivity contribution in [2.24, 2.45) is 5.92 Å². The van der Waals surface area contributed by atoms with Gasteiger partial charge in [0.1, 0.15) is 0 Å². The fourth-order valence-corrected chi connectivity index (χ4v) is 2.51. The zero-order valence-electron chi connectivity index (χ0n) is 12.0. The van der Waals surface area contributed by atoms with Crippen LogP contribution in [0.2, 0.25) is 0 Å². The van der Waals surface area contributed by atoms with Crippen LogP contribution in [0.3, 0.4) is 0 Å². The zero-order valence-corrected chi connectivity index (χ0v) is 12.0. The minimum atomic E-state index is 0.776. The molecule has 0 heteroatoms. The van der Waals surface area contributed by atoms with E-state index in [0.29, 0.717) is 0 Å². The van der Waals surface area contributed by atoms with Crippen molar-refractivity contribution in [3.63, 3.8) is 0 Å². The van der Waals surface area contributed by atoms with Crippen LogP contribution in [-0.2, 0) is 6.42 Å². The third-order valence-corrected chi connectivity index (χ3v) is 3.74. The fraction of sp³-hybridized carbons (Fsp3) is 0.611. The summed E-state index contributed by atoms with van der Waals surface area (Å²) in [7, 11) is 0. The van der Waals surface area contributed by atoms with Crippen molar-refractivity contribution < 1.29 is 0 Å². The average Bonchev–Trinajstić information content (AvgIpc) is 2.42. The Hall–Kier alpha value is -0.780. The number of benzene rings is 1. The first kappa shape index (κ1) is 15.3. The number of rotatable bonds is 10. The highest BCUT2D eigenvalue weighted by atomic mass is 14.1. The second kappa shape index (κ2) is 10.2. The summed E-state index contributed by atoms with van der Waals surface area (Å²) in [4.78, 5) is 0. The van der Waals surface area contributed by atoms with Gasteiger partial charge in [-0.25, -0.2) is 0 Å². The Bertz CT molecular complexity index is 275. The Morgan fingerprint density at radius 3 is 2.28 bits per heavy atom. The first-order chi connectivity index (χ1) is 8.86. The lowest BCUT2D eigenvalue weighted by molar-refractivity contribution is 0.451. The van der Waals surface area contributed by atoms with Crippen LogP contribution in [0.4, 0.5) is 0 Å². The standard InChI is InChI=1S/C18H29/c1-3-5-6-7-8-10-13-17(4-2)16-18-14-11-9-12-15-18/h9,11-12,14-15,17H,2-8,10,13,16H2,1H3. The lowest BCUT2D eigenvalue weighted by Crippen LogP contribution is -2.03. The van der Waals surface area contributed by atoms with Crippen LogP contribution < -0.4 is 0 Å². The molecule has 1 aromatic carbocycles. The van der Waals surface area contributed by atoms with Gasteiger partial charge < -0.3 is 0 Å². The quantitative estimate of drug-likeness (QED) is 0.456. The Morgan fingerprint density at radius 2 is 1.61 bits per heavy atom. The van der Waals surface area contributed by atoms with Gasteiger partial charge in [0, 0.05) is 0 Å². The van der Waals surface area contributed by atoms with Crippen LogP contribution in [0.5, 0.6) is 0 Å². The van der Waals surface area contributed by atoms with Gasteiger partial charge in [-0.15, -0.1) is 0 Å². The van der Waals surface area contributed by atoms with Gasteiger partial charge in [-0.3, -0.25) is 0 Å². The molecule has 0 saturated heterocycles. The second-order valence-corrected chi connectivity index (χ2v) is 5.40. The molecule has 0 aromatic heterocycles. The van der Waals surface area contributed by atoms with Crippen molar-refractivity contribution in [3.05, 3.63) is 42.8 Å². The van der Waals surface area contributed by atoms with E-state index < -0.39 is 0 Å². The molecule has 1 radical (unpaired) electrons. The summed E-state index contributed by atoms with van der Waals surface area (Å²) in [6.45, 7) is 6.39. The molecule has 0 spiro atoms. The van der Waals surface area contributed by atoms with Crippen LogP contribution >= 0.6 is 0 Å². The summed E-state index contributed by atoms with van der Waals surface area (Å²) in [5.74, 6) is 0.776. The third kappa shape index (κ3) is 6.83. The van der Waals surface area contributed by atoms with Crippen molar-refractivity contribution in [2.45, 2.75) is 64.7 Å². The van der Waals surface area contributed by atoms with Crippen LogP contribution in [0.15, 0.2) is 30.3 Å². The Morgan fingerprint density at radius 1 is 0.944 bits per heavy atom. The largest absolute Gasteiger partial charge is 0.0654 e. The van der Waals surface area contributed by atoms with E-state index in [1.165, 1.54) is 56.9 Å². The predicted octanol–water partition coefficient (Wildman–Crippen LogP) is 5.82. The van der Waals surface area contributed by atoms with E-state index in [2.05, 4.69) is 44.2 Å². The zero-order chi connectivity index (χ0) is 13.1. The summed E-state index contributed by atoms with van der Waals surface area (Å²) >= 11 is 0. The number of hydrogen-bond acceptors (Lipinski definition) is 0. The summed E-state index contributed by atoms with van der Waals surface area (Å²) in [5.41, 5.74) is 1.47. The van der Waals surface area contributed by atoms with E-state index in [1.807, 2.05) is 0 Å². The van der Waals surface area contributed by atoms with Gasteiger partial charge >= 0.3 is 0 Å². The number of unbranched alkanes of at least 4 members (excludes halogenated alkanes) is 5. The summed E-state index contributed by atoms with van der Waals surface area (Å²) < 4.78 is 0. The molecule has 1 rings (SSSR count). The Kier molecular flexibility index (Phi) is 8.63. The van der Waals surface area contributed by atoms with Gasteiger partial charge in [0.15, 0.2) is 0 Å². The van der Waals surface area contributed by atoms with E-state index in [1.54, 1.807) is 0 Å². The normalized spacial score (nSPS) is 12.6. The van der Waals surface area contributed by atoms with E-state index in [-0.39, 0.29) is 0 Å². The molecule has 101 valence electrons. The van der Waals surface area contributed by atoms with Crippen molar-refractivity contribution in [1.29, 1.82) is 0 Å².